The van der Waals surface area contributed by atoms with E-state index in [-0.39, 0.29) is 6.54 Å². The Morgan fingerprint density at radius 2 is 1.88 bits per heavy atom. The Bertz CT molecular complexity index is 2000. The number of anilines is 1. The molecule has 6 aromatic rings. The first-order valence-corrected chi connectivity index (χ1v) is 14.1. The lowest BCUT2D eigenvalue weighted by atomic mass is 10.0. The van der Waals surface area contributed by atoms with Crippen molar-refractivity contribution in [1.29, 1.82) is 0 Å². The van der Waals surface area contributed by atoms with E-state index in [0.29, 0.717) is 44.9 Å². The highest BCUT2D eigenvalue weighted by Gasteiger charge is 2.18. The third-order valence-corrected chi connectivity index (χ3v) is 7.04. The smallest absolute Gasteiger partial charge is 0.209 e. The minimum Gasteiger partial charge on any atom is -0.376 e. The van der Waals surface area contributed by atoms with Gasteiger partial charge in [0.25, 0.3) is 0 Å². The first-order chi connectivity index (χ1) is 19.1. The van der Waals surface area contributed by atoms with Crippen molar-refractivity contribution in [3.63, 3.8) is 0 Å². The number of benzene rings is 1. The summed E-state index contributed by atoms with van der Waals surface area (Å²) in [4.78, 5) is 23.5. The number of aromatic nitrogens is 7. The average molecular weight is 558 g/mol. The lowest BCUT2D eigenvalue weighted by Crippen LogP contribution is -2.21. The number of halogens is 1. The highest BCUT2D eigenvalue weighted by Crippen LogP contribution is 2.32. The SMILES string of the molecule is CN(C)c1cncc(-c2ccc3[nH]nc(-c4nc5nccc(-c6cc(F)cc(CNS(C)(=O)=O)c6)c5[nH]4)c3n2)c1. The molecule has 3 N–H and O–H groups in total. The number of sulfonamides is 1. The second kappa shape index (κ2) is 9.77. The van der Waals surface area contributed by atoms with Crippen molar-refractivity contribution in [2.45, 2.75) is 6.54 Å². The molecular weight excluding hydrogens is 533 g/mol. The number of pyridine rings is 3. The zero-order chi connectivity index (χ0) is 28.0. The van der Waals surface area contributed by atoms with Crippen LogP contribution in [-0.4, -0.2) is 63.9 Å². The number of nitrogens with zero attached hydrogens (tertiary/aromatic N) is 6. The molecular formula is C27H24FN9O2S. The average Bonchev–Trinajstić information content (AvgIpc) is 3.55. The number of fused-ring (bicyclic) bond motifs is 2. The molecule has 11 nitrogen and oxygen atoms in total. The van der Waals surface area contributed by atoms with Crippen molar-refractivity contribution >= 4 is 37.9 Å². The Labute approximate surface area is 228 Å². The van der Waals surface area contributed by atoms with E-state index < -0.39 is 15.8 Å². The third kappa shape index (κ3) is 4.99. The van der Waals surface area contributed by atoms with Gasteiger partial charge in [0.2, 0.25) is 10.0 Å². The van der Waals surface area contributed by atoms with Gasteiger partial charge in [-0.25, -0.2) is 32.5 Å². The molecule has 0 radical (unpaired) electrons. The summed E-state index contributed by atoms with van der Waals surface area (Å²) in [7, 11) is 0.468. The fraction of sp³-hybridized carbons (Fsp3) is 0.148. The summed E-state index contributed by atoms with van der Waals surface area (Å²) in [6, 6.07) is 12.0. The quantitative estimate of drug-likeness (QED) is 0.268. The van der Waals surface area contributed by atoms with Crippen LogP contribution < -0.4 is 9.62 Å². The molecule has 202 valence electrons. The minimum absolute atomic E-state index is 0.0354. The summed E-state index contributed by atoms with van der Waals surface area (Å²) in [5, 5.41) is 7.47. The molecule has 5 aromatic heterocycles. The maximum atomic E-state index is 14.5. The molecule has 0 amide bonds. The van der Waals surface area contributed by atoms with Gasteiger partial charge in [0.1, 0.15) is 11.3 Å². The zero-order valence-electron chi connectivity index (χ0n) is 21.8. The highest BCUT2D eigenvalue weighted by atomic mass is 32.2. The molecule has 1 aromatic carbocycles. The minimum atomic E-state index is -3.43. The van der Waals surface area contributed by atoms with E-state index in [9.17, 15) is 12.8 Å². The van der Waals surface area contributed by atoms with E-state index in [2.05, 4.69) is 34.9 Å². The van der Waals surface area contributed by atoms with E-state index in [0.717, 1.165) is 28.7 Å². The van der Waals surface area contributed by atoms with E-state index >= 15 is 0 Å². The third-order valence-electron chi connectivity index (χ3n) is 6.37. The number of aromatic amines is 2. The van der Waals surface area contributed by atoms with Gasteiger partial charge < -0.3 is 9.88 Å². The van der Waals surface area contributed by atoms with E-state index in [1.807, 2.05) is 37.2 Å². The molecule has 0 atom stereocenters. The van der Waals surface area contributed by atoms with E-state index in [1.165, 1.54) is 12.1 Å². The van der Waals surface area contributed by atoms with Crippen molar-refractivity contribution < 1.29 is 12.8 Å². The summed E-state index contributed by atoms with van der Waals surface area (Å²) < 4.78 is 40.0. The van der Waals surface area contributed by atoms with Crippen LogP contribution in [-0.2, 0) is 16.6 Å². The second-order valence-electron chi connectivity index (χ2n) is 9.58. The van der Waals surface area contributed by atoms with Gasteiger partial charge in [-0.2, -0.15) is 5.10 Å². The largest absolute Gasteiger partial charge is 0.376 e. The van der Waals surface area contributed by atoms with Crippen molar-refractivity contribution in [3.05, 3.63) is 72.4 Å². The molecule has 0 aliphatic heterocycles. The van der Waals surface area contributed by atoms with Gasteiger partial charge in [0.05, 0.1) is 34.9 Å². The molecule has 0 aliphatic carbocycles. The standard InChI is InChI=1S/C27H24FN9O2S/c1-37(2)19-11-17(13-29-14-19)21-4-5-22-24(32-21)25(36-35-22)27-33-23-20(6-7-30-26(23)34-27)16-8-15(9-18(28)10-16)12-31-40(3,38)39/h4-11,13-14,31H,12H2,1-3H3,(H,35,36)(H,30,33,34). The summed E-state index contributed by atoms with van der Waals surface area (Å²) >= 11 is 0. The summed E-state index contributed by atoms with van der Waals surface area (Å²) in [6.07, 6.45) is 6.19. The van der Waals surface area contributed by atoms with Crippen molar-refractivity contribution in [3.8, 4) is 33.9 Å². The van der Waals surface area contributed by atoms with Crippen LogP contribution in [0.3, 0.4) is 0 Å². The highest BCUT2D eigenvalue weighted by molar-refractivity contribution is 7.88. The molecule has 0 fully saturated rings. The predicted molar refractivity (Wildman–Crippen MR) is 151 cm³/mol. The van der Waals surface area contributed by atoms with E-state index in [4.69, 9.17) is 4.98 Å². The van der Waals surface area contributed by atoms with Gasteiger partial charge in [-0.05, 0) is 53.6 Å². The molecule has 0 saturated carbocycles. The number of rotatable bonds is 7. The Hall–Kier alpha value is -4.75. The van der Waals surface area contributed by atoms with Gasteiger partial charge in [0, 0.05) is 44.2 Å². The van der Waals surface area contributed by atoms with Gasteiger partial charge in [-0.15, -0.1) is 0 Å². The lowest BCUT2D eigenvalue weighted by Gasteiger charge is -2.12. The van der Waals surface area contributed by atoms with Crippen molar-refractivity contribution in [1.82, 2.24) is 39.8 Å². The zero-order valence-corrected chi connectivity index (χ0v) is 22.6. The Morgan fingerprint density at radius 1 is 1.02 bits per heavy atom. The number of imidazole rings is 1. The number of H-pyrrole nitrogens is 2. The van der Waals surface area contributed by atoms with Crippen LogP contribution in [0.5, 0.6) is 0 Å². The number of hydrogen-bond acceptors (Lipinski definition) is 8. The Morgan fingerprint density at radius 3 is 2.67 bits per heavy atom. The van der Waals surface area contributed by atoms with Crippen LogP contribution in [0.25, 0.3) is 56.1 Å². The van der Waals surface area contributed by atoms with Crippen LogP contribution >= 0.6 is 0 Å². The number of nitrogens with one attached hydrogen (secondary N) is 3. The Balaban J connectivity index is 1.42. The Kier molecular flexibility index (Phi) is 6.24. The molecule has 0 unspecified atom stereocenters. The predicted octanol–water partition coefficient (Wildman–Crippen LogP) is 3.88. The lowest BCUT2D eigenvalue weighted by molar-refractivity contribution is 0.586. The molecule has 0 aliphatic rings. The molecule has 6 rings (SSSR count). The molecule has 13 heteroatoms. The first kappa shape index (κ1) is 25.5. The molecule has 40 heavy (non-hydrogen) atoms. The van der Waals surface area contributed by atoms with Crippen molar-refractivity contribution in [2.75, 3.05) is 25.3 Å². The summed E-state index contributed by atoms with van der Waals surface area (Å²) in [5.74, 6) is -0.0447. The molecule has 0 spiro atoms. The maximum absolute atomic E-state index is 14.5. The van der Waals surface area contributed by atoms with Crippen LogP contribution in [0.4, 0.5) is 10.1 Å². The van der Waals surface area contributed by atoms with Gasteiger partial charge in [-0.1, -0.05) is 0 Å². The van der Waals surface area contributed by atoms with Crippen LogP contribution in [0.15, 0.2) is 61.1 Å². The maximum Gasteiger partial charge on any atom is 0.209 e. The van der Waals surface area contributed by atoms with Gasteiger partial charge in [0.15, 0.2) is 17.2 Å². The van der Waals surface area contributed by atoms with Crippen LogP contribution in [0.2, 0.25) is 0 Å². The summed E-state index contributed by atoms with van der Waals surface area (Å²) in [6.45, 7) is -0.0354. The summed E-state index contributed by atoms with van der Waals surface area (Å²) in [5.41, 5.74) is 7.10. The molecule has 5 heterocycles. The molecule has 0 bridgehead atoms. The second-order valence-corrected chi connectivity index (χ2v) is 11.4. The van der Waals surface area contributed by atoms with E-state index in [1.54, 1.807) is 30.7 Å². The fourth-order valence-electron chi connectivity index (χ4n) is 4.42. The first-order valence-electron chi connectivity index (χ1n) is 12.2. The van der Waals surface area contributed by atoms with Gasteiger partial charge in [-0.3, -0.25) is 10.1 Å². The van der Waals surface area contributed by atoms with Gasteiger partial charge >= 0.3 is 0 Å². The topological polar surface area (TPSA) is 145 Å². The normalized spacial score (nSPS) is 11.9. The molecule has 0 saturated heterocycles. The number of hydrogen-bond donors (Lipinski definition) is 3. The van der Waals surface area contributed by atoms with Crippen LogP contribution in [0.1, 0.15) is 5.56 Å². The van der Waals surface area contributed by atoms with Crippen molar-refractivity contribution in [2.24, 2.45) is 0 Å². The monoisotopic (exact) mass is 557 g/mol. The van der Waals surface area contributed by atoms with Crippen LogP contribution in [0, 0.1) is 5.82 Å². The fourth-order valence-corrected chi connectivity index (χ4v) is 4.85.